The van der Waals surface area contributed by atoms with Crippen LogP contribution in [0.4, 0.5) is 0 Å². The Morgan fingerprint density at radius 1 is 1.08 bits per heavy atom. The van der Waals surface area contributed by atoms with Gasteiger partial charge in [0.15, 0.2) is 9.84 Å². The molecule has 0 fully saturated rings. The number of rotatable bonds is 6. The normalized spacial score (nSPS) is 12.6. The van der Waals surface area contributed by atoms with Gasteiger partial charge in [0.1, 0.15) is 0 Å². The number of thioether (sulfide) groups is 1. The van der Waals surface area contributed by atoms with E-state index in [1.807, 2.05) is 38.1 Å². The van der Waals surface area contributed by atoms with E-state index in [2.05, 4.69) is 5.32 Å². The average molecular weight is 364 g/mol. The SMILES string of the molecule is Cc1ccc(SCC(=O)N[C@@H](C)c2ccc(S(C)(=O)=O)cc2)cc1. The summed E-state index contributed by atoms with van der Waals surface area (Å²) in [5, 5.41) is 2.93. The molecule has 0 saturated heterocycles. The number of aryl methyl sites for hydroxylation is 1. The summed E-state index contributed by atoms with van der Waals surface area (Å²) in [5.41, 5.74) is 2.06. The van der Waals surface area contributed by atoms with Crippen molar-refractivity contribution in [1.29, 1.82) is 0 Å². The minimum Gasteiger partial charge on any atom is -0.349 e. The molecule has 6 heteroatoms. The van der Waals surface area contributed by atoms with Gasteiger partial charge in [0.05, 0.1) is 16.7 Å². The maximum absolute atomic E-state index is 12.1. The molecule has 2 aromatic carbocycles. The van der Waals surface area contributed by atoms with Gasteiger partial charge in [0.2, 0.25) is 5.91 Å². The minimum absolute atomic E-state index is 0.0553. The molecule has 0 saturated carbocycles. The summed E-state index contributed by atoms with van der Waals surface area (Å²) in [6, 6.07) is 14.5. The third-order valence-corrected chi connectivity index (χ3v) is 5.72. The molecule has 0 aliphatic carbocycles. The van der Waals surface area contributed by atoms with Gasteiger partial charge < -0.3 is 5.32 Å². The van der Waals surface area contributed by atoms with Crippen molar-refractivity contribution in [2.75, 3.05) is 12.0 Å². The first-order valence-corrected chi connectivity index (χ1v) is 10.4. The lowest BCUT2D eigenvalue weighted by Crippen LogP contribution is -2.28. The van der Waals surface area contributed by atoms with Crippen LogP contribution in [0.25, 0.3) is 0 Å². The molecule has 2 rings (SSSR count). The van der Waals surface area contributed by atoms with E-state index in [1.165, 1.54) is 23.6 Å². The van der Waals surface area contributed by atoms with Crippen molar-refractivity contribution in [3.8, 4) is 0 Å². The van der Waals surface area contributed by atoms with E-state index >= 15 is 0 Å². The summed E-state index contributed by atoms with van der Waals surface area (Å²) >= 11 is 1.49. The molecule has 0 spiro atoms. The van der Waals surface area contributed by atoms with Crippen molar-refractivity contribution in [2.24, 2.45) is 0 Å². The topological polar surface area (TPSA) is 63.2 Å². The molecule has 0 aliphatic rings. The van der Waals surface area contributed by atoms with Crippen LogP contribution in [0.15, 0.2) is 58.3 Å². The smallest absolute Gasteiger partial charge is 0.230 e. The van der Waals surface area contributed by atoms with Crippen molar-refractivity contribution in [3.05, 3.63) is 59.7 Å². The highest BCUT2D eigenvalue weighted by Crippen LogP contribution is 2.19. The zero-order valence-corrected chi connectivity index (χ0v) is 15.6. The number of nitrogens with one attached hydrogen (secondary N) is 1. The second-order valence-electron chi connectivity index (χ2n) is 5.73. The van der Waals surface area contributed by atoms with Crippen LogP contribution in [0, 0.1) is 6.92 Å². The van der Waals surface area contributed by atoms with E-state index in [-0.39, 0.29) is 16.8 Å². The largest absolute Gasteiger partial charge is 0.349 e. The van der Waals surface area contributed by atoms with Gasteiger partial charge in [0, 0.05) is 11.2 Å². The number of benzene rings is 2. The van der Waals surface area contributed by atoms with Gasteiger partial charge in [-0.1, -0.05) is 29.8 Å². The zero-order chi connectivity index (χ0) is 17.7. The molecule has 24 heavy (non-hydrogen) atoms. The van der Waals surface area contributed by atoms with E-state index < -0.39 is 9.84 Å². The molecule has 2 aromatic rings. The molecule has 0 radical (unpaired) electrons. The lowest BCUT2D eigenvalue weighted by molar-refractivity contribution is -0.119. The fourth-order valence-electron chi connectivity index (χ4n) is 2.15. The van der Waals surface area contributed by atoms with E-state index in [0.717, 1.165) is 10.5 Å². The fraction of sp³-hybridized carbons (Fsp3) is 0.278. The Morgan fingerprint density at radius 2 is 1.67 bits per heavy atom. The lowest BCUT2D eigenvalue weighted by atomic mass is 10.1. The van der Waals surface area contributed by atoms with Gasteiger partial charge >= 0.3 is 0 Å². The first-order chi connectivity index (χ1) is 11.3. The summed E-state index contributed by atoms with van der Waals surface area (Å²) < 4.78 is 22.9. The molecule has 1 amide bonds. The molecule has 4 nitrogen and oxygen atoms in total. The molecule has 1 N–H and O–H groups in total. The molecule has 128 valence electrons. The van der Waals surface area contributed by atoms with Crippen LogP contribution in [0.3, 0.4) is 0 Å². The minimum atomic E-state index is -3.20. The predicted octanol–water partition coefficient (Wildman–Crippen LogP) is 3.37. The molecular weight excluding hydrogens is 342 g/mol. The quantitative estimate of drug-likeness (QED) is 0.799. The Bertz CT molecular complexity index is 797. The van der Waals surface area contributed by atoms with Gasteiger partial charge in [0.25, 0.3) is 0 Å². The predicted molar refractivity (Wildman–Crippen MR) is 98.0 cm³/mol. The summed E-state index contributed by atoms with van der Waals surface area (Å²) in [5.74, 6) is 0.287. The highest BCUT2D eigenvalue weighted by Gasteiger charge is 2.12. The first kappa shape index (κ1) is 18.5. The summed E-state index contributed by atoms with van der Waals surface area (Å²) in [4.78, 5) is 13.4. The van der Waals surface area contributed by atoms with E-state index in [1.54, 1.807) is 24.3 Å². The summed E-state index contributed by atoms with van der Waals surface area (Å²) in [6.07, 6.45) is 1.18. The number of amides is 1. The van der Waals surface area contributed by atoms with Crippen LogP contribution in [0.2, 0.25) is 0 Å². The van der Waals surface area contributed by atoms with Crippen LogP contribution < -0.4 is 5.32 Å². The molecule has 0 unspecified atom stereocenters. The highest BCUT2D eigenvalue weighted by atomic mass is 32.2. The standard InChI is InChI=1S/C18H21NO3S2/c1-13-4-8-16(9-5-13)23-12-18(20)19-14(2)15-6-10-17(11-7-15)24(3,21)22/h4-11,14H,12H2,1-3H3,(H,19,20)/t14-/m0/s1. The summed E-state index contributed by atoms with van der Waals surface area (Å²) in [7, 11) is -3.20. The molecule has 0 bridgehead atoms. The Hall–Kier alpha value is -1.79. The number of hydrogen-bond acceptors (Lipinski definition) is 4. The number of carbonyl (C=O) groups is 1. The Kier molecular flexibility index (Phi) is 6.07. The van der Waals surface area contributed by atoms with Crippen molar-refractivity contribution < 1.29 is 13.2 Å². The van der Waals surface area contributed by atoms with E-state index in [0.29, 0.717) is 5.75 Å². The molecule has 0 heterocycles. The van der Waals surface area contributed by atoms with Crippen LogP contribution >= 0.6 is 11.8 Å². The van der Waals surface area contributed by atoms with Crippen molar-refractivity contribution in [3.63, 3.8) is 0 Å². The van der Waals surface area contributed by atoms with Gasteiger partial charge in [-0.3, -0.25) is 4.79 Å². The second kappa shape index (κ2) is 7.85. The first-order valence-electron chi connectivity index (χ1n) is 7.54. The number of hydrogen-bond donors (Lipinski definition) is 1. The van der Waals surface area contributed by atoms with Crippen molar-refractivity contribution in [2.45, 2.75) is 29.7 Å². The monoisotopic (exact) mass is 363 g/mol. The number of sulfone groups is 1. The zero-order valence-electron chi connectivity index (χ0n) is 13.9. The van der Waals surface area contributed by atoms with Gasteiger partial charge in [-0.25, -0.2) is 8.42 Å². The Labute approximate surface area is 147 Å². The average Bonchev–Trinajstić information content (AvgIpc) is 2.53. The van der Waals surface area contributed by atoms with Crippen molar-refractivity contribution >= 4 is 27.5 Å². The molecule has 1 atom stereocenters. The lowest BCUT2D eigenvalue weighted by Gasteiger charge is -2.14. The van der Waals surface area contributed by atoms with E-state index in [4.69, 9.17) is 0 Å². The van der Waals surface area contributed by atoms with Gasteiger partial charge in [-0.15, -0.1) is 11.8 Å². The van der Waals surface area contributed by atoms with Crippen LogP contribution in [0.1, 0.15) is 24.1 Å². The maximum Gasteiger partial charge on any atom is 0.230 e. The third kappa shape index (κ3) is 5.39. The summed E-state index contributed by atoms with van der Waals surface area (Å²) in [6.45, 7) is 3.90. The maximum atomic E-state index is 12.1. The number of carbonyl (C=O) groups excluding carboxylic acids is 1. The third-order valence-electron chi connectivity index (χ3n) is 3.58. The van der Waals surface area contributed by atoms with Crippen molar-refractivity contribution in [1.82, 2.24) is 5.32 Å². The van der Waals surface area contributed by atoms with Crippen LogP contribution in [0.5, 0.6) is 0 Å². The molecule has 0 aromatic heterocycles. The highest BCUT2D eigenvalue weighted by molar-refractivity contribution is 8.00. The Morgan fingerprint density at radius 3 is 2.21 bits per heavy atom. The Balaban J connectivity index is 1.90. The molecular formula is C18H21NO3S2. The van der Waals surface area contributed by atoms with Gasteiger partial charge in [-0.2, -0.15) is 0 Å². The second-order valence-corrected chi connectivity index (χ2v) is 8.80. The molecule has 0 aliphatic heterocycles. The van der Waals surface area contributed by atoms with Crippen LogP contribution in [-0.4, -0.2) is 26.3 Å². The fourth-order valence-corrected chi connectivity index (χ4v) is 3.49. The van der Waals surface area contributed by atoms with Crippen LogP contribution in [-0.2, 0) is 14.6 Å². The van der Waals surface area contributed by atoms with Gasteiger partial charge in [-0.05, 0) is 43.7 Å². The van der Waals surface area contributed by atoms with E-state index in [9.17, 15) is 13.2 Å².